The lowest BCUT2D eigenvalue weighted by Crippen LogP contribution is -2.32. The number of benzene rings is 2. The number of rotatable bonds is 3. The fourth-order valence-electron chi connectivity index (χ4n) is 3.99. The molecule has 2 aromatic carbocycles. The van der Waals surface area contributed by atoms with E-state index in [2.05, 4.69) is 9.88 Å². The van der Waals surface area contributed by atoms with Crippen LogP contribution < -0.4 is 9.47 Å². The summed E-state index contributed by atoms with van der Waals surface area (Å²) in [7, 11) is 0. The molecule has 150 valence electrons. The summed E-state index contributed by atoms with van der Waals surface area (Å²) in [6.07, 6.45) is 3.62. The van der Waals surface area contributed by atoms with E-state index in [0.717, 1.165) is 33.7 Å². The Bertz CT molecular complexity index is 1170. The molecule has 0 unspecified atom stereocenters. The van der Waals surface area contributed by atoms with Gasteiger partial charge in [0.1, 0.15) is 18.2 Å². The van der Waals surface area contributed by atoms with Crippen molar-refractivity contribution in [3.8, 4) is 11.5 Å². The zero-order valence-electron chi connectivity index (χ0n) is 17.0. The van der Waals surface area contributed by atoms with Crippen molar-refractivity contribution in [3.63, 3.8) is 0 Å². The highest BCUT2D eigenvalue weighted by Crippen LogP contribution is 2.44. The minimum Gasteiger partial charge on any atom is -0.478 e. The molecule has 0 radical (unpaired) electrons. The van der Waals surface area contributed by atoms with Gasteiger partial charge in [-0.1, -0.05) is 30.3 Å². The Morgan fingerprint density at radius 1 is 1.10 bits per heavy atom. The molecule has 3 aromatic rings. The molecule has 0 atom stereocenters. The van der Waals surface area contributed by atoms with E-state index in [-0.39, 0.29) is 5.78 Å². The van der Waals surface area contributed by atoms with Crippen molar-refractivity contribution >= 4 is 11.9 Å². The number of hydrogen-bond acceptors (Lipinski definition) is 5. The Morgan fingerprint density at radius 3 is 2.73 bits per heavy atom. The van der Waals surface area contributed by atoms with Crippen molar-refractivity contribution in [1.29, 1.82) is 0 Å². The molecule has 5 rings (SSSR count). The van der Waals surface area contributed by atoms with Crippen LogP contribution in [-0.2, 0) is 13.1 Å². The van der Waals surface area contributed by atoms with Crippen LogP contribution in [0.2, 0.25) is 0 Å². The van der Waals surface area contributed by atoms with Crippen LogP contribution in [0.15, 0.2) is 60.5 Å². The number of aromatic nitrogens is 1. The van der Waals surface area contributed by atoms with Crippen molar-refractivity contribution in [1.82, 2.24) is 9.88 Å². The van der Waals surface area contributed by atoms with E-state index in [1.54, 1.807) is 6.20 Å². The number of nitrogens with zero attached hydrogens (tertiary/aromatic N) is 2. The van der Waals surface area contributed by atoms with Gasteiger partial charge in [0, 0.05) is 19.3 Å². The topological polar surface area (TPSA) is 51.7 Å². The normalized spacial score (nSPS) is 16.7. The fourth-order valence-corrected chi connectivity index (χ4v) is 3.99. The molecule has 5 nitrogen and oxygen atoms in total. The Kier molecular flexibility index (Phi) is 4.60. The number of ketones is 1. The minimum atomic E-state index is -0.0737. The number of carbonyl (C=O) groups excluding carboxylic acids is 1. The molecule has 0 bridgehead atoms. The number of hydrogen-bond donors (Lipinski definition) is 0. The third-order valence-corrected chi connectivity index (χ3v) is 5.57. The Hall–Kier alpha value is -3.44. The highest BCUT2D eigenvalue weighted by molar-refractivity contribution is 6.16. The largest absolute Gasteiger partial charge is 0.478 e. The summed E-state index contributed by atoms with van der Waals surface area (Å²) in [5, 5.41) is 0. The van der Waals surface area contributed by atoms with Crippen molar-refractivity contribution < 1.29 is 14.3 Å². The van der Waals surface area contributed by atoms with Crippen molar-refractivity contribution in [2.45, 2.75) is 26.9 Å². The molecular weight excluding hydrogens is 376 g/mol. The van der Waals surface area contributed by atoms with E-state index in [4.69, 9.17) is 9.47 Å². The molecule has 30 heavy (non-hydrogen) atoms. The van der Waals surface area contributed by atoms with Gasteiger partial charge < -0.3 is 9.47 Å². The number of ether oxygens (including phenoxy) is 2. The summed E-state index contributed by atoms with van der Waals surface area (Å²) in [5.41, 5.74) is 5.48. The summed E-state index contributed by atoms with van der Waals surface area (Å²) >= 11 is 0. The summed E-state index contributed by atoms with van der Waals surface area (Å²) in [6.45, 7) is 5.74. The third-order valence-electron chi connectivity index (χ3n) is 5.57. The predicted molar refractivity (Wildman–Crippen MR) is 114 cm³/mol. The maximum Gasteiger partial charge on any atom is 0.232 e. The zero-order valence-corrected chi connectivity index (χ0v) is 17.0. The van der Waals surface area contributed by atoms with E-state index < -0.39 is 0 Å². The first kappa shape index (κ1) is 18.6. The van der Waals surface area contributed by atoms with Gasteiger partial charge in [-0.2, -0.15) is 0 Å². The van der Waals surface area contributed by atoms with Crippen LogP contribution in [0.3, 0.4) is 0 Å². The molecule has 2 aliphatic heterocycles. The van der Waals surface area contributed by atoms with Gasteiger partial charge in [0.05, 0.1) is 16.8 Å². The lowest BCUT2D eigenvalue weighted by atomic mass is 9.98. The average molecular weight is 398 g/mol. The molecule has 0 saturated carbocycles. The maximum atomic E-state index is 13.1. The van der Waals surface area contributed by atoms with Gasteiger partial charge in [0.15, 0.2) is 5.76 Å². The zero-order chi connectivity index (χ0) is 20.7. The van der Waals surface area contributed by atoms with Crippen LogP contribution in [0.5, 0.6) is 11.5 Å². The number of allylic oxidation sites excluding steroid dienone is 1. The van der Waals surface area contributed by atoms with Crippen LogP contribution in [0.25, 0.3) is 6.08 Å². The van der Waals surface area contributed by atoms with E-state index in [9.17, 15) is 4.79 Å². The van der Waals surface area contributed by atoms with Crippen LogP contribution in [0.1, 0.15) is 38.3 Å². The van der Waals surface area contributed by atoms with Gasteiger partial charge in [-0.05, 0) is 54.8 Å². The fraction of sp³-hybridized carbons (Fsp3) is 0.200. The first-order valence-electron chi connectivity index (χ1n) is 10.0. The lowest BCUT2D eigenvalue weighted by molar-refractivity contribution is 0.0861. The highest BCUT2D eigenvalue weighted by Gasteiger charge is 2.35. The quantitative estimate of drug-likeness (QED) is 0.600. The van der Waals surface area contributed by atoms with Crippen LogP contribution in [0.4, 0.5) is 0 Å². The van der Waals surface area contributed by atoms with Gasteiger partial charge in [-0.25, -0.2) is 0 Å². The molecule has 1 aromatic heterocycles. The van der Waals surface area contributed by atoms with Gasteiger partial charge >= 0.3 is 0 Å². The Labute approximate surface area is 175 Å². The lowest BCUT2D eigenvalue weighted by Gasteiger charge is -2.29. The standard InChI is InChI=1S/C25H22N2O3/c1-16-7-3-4-8-18(16)12-22-24(28)23-17(2)11-21-20(25(23)30-22)14-27(15-29-21)13-19-9-5-6-10-26-19/h3-12H,13-15H2,1-2H3/b22-12-. The minimum absolute atomic E-state index is 0.0737. The number of carbonyl (C=O) groups is 1. The first-order valence-corrected chi connectivity index (χ1v) is 10.0. The summed E-state index contributed by atoms with van der Waals surface area (Å²) < 4.78 is 12.2. The second-order valence-electron chi connectivity index (χ2n) is 7.75. The van der Waals surface area contributed by atoms with E-state index in [1.807, 2.05) is 68.5 Å². The molecule has 0 spiro atoms. The van der Waals surface area contributed by atoms with Crippen LogP contribution in [0, 0.1) is 13.8 Å². The molecule has 3 heterocycles. The Morgan fingerprint density at radius 2 is 1.93 bits per heavy atom. The molecule has 0 fully saturated rings. The number of fused-ring (bicyclic) bond motifs is 3. The average Bonchev–Trinajstić information content (AvgIpc) is 3.08. The highest BCUT2D eigenvalue weighted by atomic mass is 16.5. The van der Waals surface area contributed by atoms with Crippen molar-refractivity contribution in [2.75, 3.05) is 6.73 Å². The maximum absolute atomic E-state index is 13.1. The number of pyridine rings is 1. The molecule has 0 N–H and O–H groups in total. The van der Waals surface area contributed by atoms with Crippen molar-refractivity contribution in [2.24, 2.45) is 0 Å². The van der Waals surface area contributed by atoms with E-state index in [0.29, 0.717) is 36.9 Å². The smallest absolute Gasteiger partial charge is 0.232 e. The molecule has 0 aliphatic carbocycles. The first-order chi connectivity index (χ1) is 14.6. The number of Topliss-reactive ketones (excluding diaryl/α,β-unsaturated/α-hetero) is 1. The second-order valence-corrected chi connectivity index (χ2v) is 7.75. The summed E-state index contributed by atoms with van der Waals surface area (Å²) in [6, 6.07) is 15.8. The molecular formula is C25H22N2O3. The van der Waals surface area contributed by atoms with Gasteiger partial charge in [-0.3, -0.25) is 14.7 Å². The van der Waals surface area contributed by atoms with Crippen LogP contribution >= 0.6 is 0 Å². The van der Waals surface area contributed by atoms with E-state index >= 15 is 0 Å². The van der Waals surface area contributed by atoms with E-state index in [1.165, 1.54) is 0 Å². The van der Waals surface area contributed by atoms with Gasteiger partial charge in [0.2, 0.25) is 5.78 Å². The molecule has 2 aliphatic rings. The third kappa shape index (κ3) is 3.27. The van der Waals surface area contributed by atoms with Gasteiger partial charge in [-0.15, -0.1) is 0 Å². The SMILES string of the molecule is Cc1ccccc1/C=C1\Oc2c3c(cc(C)c2C1=O)OCN(Cc1ccccn1)C3. The van der Waals surface area contributed by atoms with Crippen molar-refractivity contribution in [3.05, 3.63) is 94.0 Å². The summed E-state index contributed by atoms with van der Waals surface area (Å²) in [4.78, 5) is 19.7. The molecule has 0 amide bonds. The Balaban J connectivity index is 1.49. The second kappa shape index (κ2) is 7.43. The monoisotopic (exact) mass is 398 g/mol. The molecule has 5 heteroatoms. The van der Waals surface area contributed by atoms with Crippen LogP contribution in [-0.4, -0.2) is 22.4 Å². The summed E-state index contributed by atoms with van der Waals surface area (Å²) in [5.74, 6) is 1.70. The molecule has 0 saturated heterocycles. The van der Waals surface area contributed by atoms with Gasteiger partial charge in [0.25, 0.3) is 0 Å². The predicted octanol–water partition coefficient (Wildman–Crippen LogP) is 4.67. The number of aryl methyl sites for hydroxylation is 2.